The highest BCUT2D eigenvalue weighted by Gasteiger charge is 2.21. The highest BCUT2D eigenvalue weighted by molar-refractivity contribution is 6.11. The molecule has 0 saturated heterocycles. The second-order valence-electron chi connectivity index (χ2n) is 7.93. The lowest BCUT2D eigenvalue weighted by atomic mass is 9.94. The highest BCUT2D eigenvalue weighted by Crippen LogP contribution is 2.35. The van der Waals surface area contributed by atoms with Gasteiger partial charge in [0.25, 0.3) is 0 Å². The molecular formula is C29H24O6. The number of carbonyl (C=O) groups is 2. The maximum absolute atomic E-state index is 13.1. The number of methoxy groups -OCH3 is 2. The van der Waals surface area contributed by atoms with Gasteiger partial charge >= 0.3 is 0 Å². The Bertz CT molecular complexity index is 1270. The van der Waals surface area contributed by atoms with Crippen LogP contribution < -0.4 is 9.47 Å². The molecule has 0 aliphatic carbocycles. The van der Waals surface area contributed by atoms with Gasteiger partial charge in [0.1, 0.15) is 23.0 Å². The molecule has 0 aliphatic rings. The number of carbonyl (C=O) groups excluding carboxylic acids is 2. The molecule has 0 fully saturated rings. The molecule has 0 bridgehead atoms. The summed E-state index contributed by atoms with van der Waals surface area (Å²) in [6, 6.07) is 23.3. The van der Waals surface area contributed by atoms with Crippen LogP contribution in [0.3, 0.4) is 0 Å². The van der Waals surface area contributed by atoms with Gasteiger partial charge in [-0.05, 0) is 23.3 Å². The maximum atomic E-state index is 13.1. The third-order valence-corrected chi connectivity index (χ3v) is 5.74. The van der Waals surface area contributed by atoms with Crippen molar-refractivity contribution in [2.75, 3.05) is 14.2 Å². The molecule has 4 aromatic rings. The molecule has 0 amide bonds. The van der Waals surface area contributed by atoms with Crippen molar-refractivity contribution >= 4 is 11.6 Å². The van der Waals surface area contributed by atoms with Crippen LogP contribution in [0.1, 0.15) is 43.0 Å². The summed E-state index contributed by atoms with van der Waals surface area (Å²) in [6.45, 7) is 0. The minimum Gasteiger partial charge on any atom is -0.508 e. The van der Waals surface area contributed by atoms with Crippen LogP contribution in [0, 0.1) is 0 Å². The predicted molar refractivity (Wildman–Crippen MR) is 132 cm³/mol. The van der Waals surface area contributed by atoms with E-state index in [9.17, 15) is 19.8 Å². The van der Waals surface area contributed by atoms with Gasteiger partial charge in [-0.2, -0.15) is 0 Å². The number of hydrogen-bond acceptors (Lipinski definition) is 6. The average molecular weight is 469 g/mol. The monoisotopic (exact) mass is 468 g/mol. The highest BCUT2D eigenvalue weighted by atomic mass is 16.5. The minimum absolute atomic E-state index is 0.0653. The van der Waals surface area contributed by atoms with Gasteiger partial charge in [-0.25, -0.2) is 0 Å². The van der Waals surface area contributed by atoms with Crippen molar-refractivity contribution in [3.05, 3.63) is 118 Å². The molecule has 4 rings (SSSR count). The number of benzene rings is 4. The van der Waals surface area contributed by atoms with Crippen LogP contribution in [0.2, 0.25) is 0 Å². The fraction of sp³-hybridized carbons (Fsp3) is 0.103. The molecule has 0 aliphatic heterocycles. The standard InChI is InChI=1S/C29H24O6/c1-34-26-16-24(30)20(14-22(26)28(32)18-9-5-3-6-10-18)13-21-15-23(27(35-2)17-25(21)31)29(33)19-11-7-4-8-12-19/h3-12,14-17,30-31H,13H2,1-2H3. The van der Waals surface area contributed by atoms with Crippen molar-refractivity contribution in [3.63, 3.8) is 0 Å². The third-order valence-electron chi connectivity index (χ3n) is 5.74. The van der Waals surface area contributed by atoms with Crippen LogP contribution in [0.5, 0.6) is 23.0 Å². The minimum atomic E-state index is -0.261. The Balaban J connectivity index is 1.76. The fourth-order valence-electron chi connectivity index (χ4n) is 3.90. The molecule has 6 heteroatoms. The maximum Gasteiger partial charge on any atom is 0.196 e. The third kappa shape index (κ3) is 4.87. The summed E-state index contributed by atoms with van der Waals surface area (Å²) in [4.78, 5) is 26.2. The molecule has 0 radical (unpaired) electrons. The van der Waals surface area contributed by atoms with Crippen LogP contribution >= 0.6 is 0 Å². The molecule has 35 heavy (non-hydrogen) atoms. The Labute approximate surface area is 203 Å². The van der Waals surface area contributed by atoms with Gasteiger partial charge in [0, 0.05) is 29.7 Å². The van der Waals surface area contributed by atoms with Crippen molar-refractivity contribution < 1.29 is 29.3 Å². The summed E-state index contributed by atoms with van der Waals surface area (Å²) in [7, 11) is 2.85. The van der Waals surface area contributed by atoms with Gasteiger partial charge in [0.2, 0.25) is 0 Å². The summed E-state index contributed by atoms with van der Waals surface area (Å²) in [5.41, 5.74) is 2.29. The van der Waals surface area contributed by atoms with Crippen LogP contribution in [-0.2, 0) is 6.42 Å². The van der Waals surface area contributed by atoms with E-state index in [1.54, 1.807) is 60.7 Å². The second kappa shape index (κ2) is 10.1. The molecule has 0 heterocycles. The number of ketones is 2. The zero-order chi connectivity index (χ0) is 24.9. The van der Waals surface area contributed by atoms with Crippen molar-refractivity contribution in [1.82, 2.24) is 0 Å². The topological polar surface area (TPSA) is 93.1 Å². The largest absolute Gasteiger partial charge is 0.508 e. The molecule has 0 saturated carbocycles. The lowest BCUT2D eigenvalue weighted by molar-refractivity contribution is 0.102. The lowest BCUT2D eigenvalue weighted by Crippen LogP contribution is -2.07. The van der Waals surface area contributed by atoms with Gasteiger partial charge in [-0.15, -0.1) is 0 Å². The Kier molecular flexibility index (Phi) is 6.83. The SMILES string of the molecule is COc1cc(O)c(Cc2cc(C(=O)c3ccccc3)c(OC)cc2O)cc1C(=O)c1ccccc1. The number of hydrogen-bond donors (Lipinski definition) is 2. The summed E-state index contributed by atoms with van der Waals surface area (Å²) in [6.07, 6.45) is 0.0653. The quantitative estimate of drug-likeness (QED) is 0.347. The van der Waals surface area contributed by atoms with Crippen LogP contribution in [-0.4, -0.2) is 36.0 Å². The molecule has 4 aromatic carbocycles. The first-order valence-electron chi connectivity index (χ1n) is 10.9. The molecular weight excluding hydrogens is 444 g/mol. The van der Waals surface area contributed by atoms with Gasteiger partial charge < -0.3 is 19.7 Å². The summed E-state index contributed by atoms with van der Waals surface area (Å²) >= 11 is 0. The zero-order valence-corrected chi connectivity index (χ0v) is 19.3. The van der Waals surface area contributed by atoms with Crippen molar-refractivity contribution in [3.8, 4) is 23.0 Å². The molecule has 0 aromatic heterocycles. The number of phenolic OH excluding ortho intramolecular Hbond substituents is 2. The Hall–Kier alpha value is -4.58. The Morgan fingerprint density at radius 3 is 1.34 bits per heavy atom. The molecule has 0 spiro atoms. The van der Waals surface area contributed by atoms with Crippen molar-refractivity contribution in [1.29, 1.82) is 0 Å². The van der Waals surface area contributed by atoms with E-state index in [1.165, 1.54) is 26.4 Å². The first kappa shape index (κ1) is 23.6. The smallest absolute Gasteiger partial charge is 0.196 e. The van der Waals surface area contributed by atoms with E-state index >= 15 is 0 Å². The Morgan fingerprint density at radius 2 is 1.00 bits per heavy atom. The van der Waals surface area contributed by atoms with Gasteiger partial charge in [0.05, 0.1) is 25.3 Å². The van der Waals surface area contributed by atoms with Crippen LogP contribution in [0.25, 0.3) is 0 Å². The number of ether oxygens (including phenoxy) is 2. The Morgan fingerprint density at radius 1 is 0.629 bits per heavy atom. The lowest BCUT2D eigenvalue weighted by Gasteiger charge is -2.15. The average Bonchev–Trinajstić information content (AvgIpc) is 2.90. The molecule has 0 atom stereocenters. The normalized spacial score (nSPS) is 10.6. The molecule has 0 unspecified atom stereocenters. The second-order valence-corrected chi connectivity index (χ2v) is 7.93. The van der Waals surface area contributed by atoms with E-state index in [1.807, 2.05) is 12.1 Å². The summed E-state index contributed by atoms with van der Waals surface area (Å²) in [5, 5.41) is 21.3. The summed E-state index contributed by atoms with van der Waals surface area (Å²) in [5.74, 6) is -0.251. The van der Waals surface area contributed by atoms with Gasteiger partial charge in [-0.1, -0.05) is 60.7 Å². The van der Waals surface area contributed by atoms with E-state index in [-0.39, 0.29) is 52.1 Å². The van der Waals surface area contributed by atoms with E-state index in [0.717, 1.165) is 0 Å². The van der Waals surface area contributed by atoms with Crippen LogP contribution in [0.4, 0.5) is 0 Å². The molecule has 176 valence electrons. The predicted octanol–water partition coefficient (Wildman–Crippen LogP) is 5.17. The number of rotatable bonds is 8. The van der Waals surface area contributed by atoms with E-state index in [2.05, 4.69) is 0 Å². The number of aromatic hydroxyl groups is 2. The first-order valence-corrected chi connectivity index (χ1v) is 10.9. The zero-order valence-electron chi connectivity index (χ0n) is 19.3. The van der Waals surface area contributed by atoms with E-state index in [4.69, 9.17) is 9.47 Å². The van der Waals surface area contributed by atoms with Crippen LogP contribution in [0.15, 0.2) is 84.9 Å². The van der Waals surface area contributed by atoms with E-state index in [0.29, 0.717) is 22.3 Å². The van der Waals surface area contributed by atoms with E-state index < -0.39 is 0 Å². The molecule has 6 nitrogen and oxygen atoms in total. The number of phenols is 2. The van der Waals surface area contributed by atoms with Gasteiger partial charge in [0.15, 0.2) is 11.6 Å². The summed E-state index contributed by atoms with van der Waals surface area (Å²) < 4.78 is 10.7. The molecule has 2 N–H and O–H groups in total. The van der Waals surface area contributed by atoms with Crippen molar-refractivity contribution in [2.24, 2.45) is 0 Å². The first-order chi connectivity index (χ1) is 16.9. The van der Waals surface area contributed by atoms with Gasteiger partial charge in [-0.3, -0.25) is 9.59 Å². The van der Waals surface area contributed by atoms with Crippen molar-refractivity contribution in [2.45, 2.75) is 6.42 Å². The fourth-order valence-corrected chi connectivity index (χ4v) is 3.90.